The van der Waals surface area contributed by atoms with Crippen molar-refractivity contribution in [1.82, 2.24) is 9.88 Å². The molecule has 0 fully saturated rings. The molecule has 0 bridgehead atoms. The molecular formula is C19H15N3S. The number of benzene rings is 2. The first-order valence-corrected chi connectivity index (χ1v) is 8.34. The van der Waals surface area contributed by atoms with Crippen LogP contribution in [0.3, 0.4) is 0 Å². The van der Waals surface area contributed by atoms with Gasteiger partial charge in [-0.2, -0.15) is 0 Å². The number of fused-ring (bicyclic) bond motifs is 3. The third-order valence-electron chi connectivity index (χ3n) is 3.73. The Hall–Kier alpha value is -2.72. The van der Waals surface area contributed by atoms with Gasteiger partial charge in [0.15, 0.2) is 0 Å². The van der Waals surface area contributed by atoms with Crippen molar-refractivity contribution in [2.45, 2.75) is 0 Å². The Morgan fingerprint density at radius 1 is 1.00 bits per heavy atom. The fourth-order valence-electron chi connectivity index (χ4n) is 2.55. The molecule has 1 aromatic heterocycles. The number of allylic oxidation sites excluding steroid dienone is 1. The van der Waals surface area contributed by atoms with Crippen LogP contribution in [-0.4, -0.2) is 16.4 Å². The lowest BCUT2D eigenvalue weighted by Gasteiger charge is -2.11. The fraction of sp³-hybridized carbons (Fsp3) is 0.0526. The molecule has 0 N–H and O–H groups in total. The average Bonchev–Trinajstić information content (AvgIpc) is 3.21. The minimum absolute atomic E-state index is 0.954. The smallest absolute Gasteiger partial charge is 0.0812 e. The summed E-state index contributed by atoms with van der Waals surface area (Å²) in [6, 6.07) is 16.3. The Labute approximate surface area is 138 Å². The minimum Gasteiger partial charge on any atom is -0.342 e. The van der Waals surface area contributed by atoms with E-state index in [4.69, 9.17) is 0 Å². The first-order valence-electron chi connectivity index (χ1n) is 7.46. The van der Waals surface area contributed by atoms with Gasteiger partial charge >= 0.3 is 0 Å². The molecule has 0 spiro atoms. The molecule has 3 nitrogen and oxygen atoms in total. The first-order chi connectivity index (χ1) is 11.4. The number of rotatable bonds is 0. The van der Waals surface area contributed by atoms with Crippen LogP contribution in [0.5, 0.6) is 0 Å². The van der Waals surface area contributed by atoms with Crippen LogP contribution >= 0.6 is 11.3 Å². The summed E-state index contributed by atoms with van der Waals surface area (Å²) < 4.78 is 1.26. The van der Waals surface area contributed by atoms with E-state index in [0.717, 1.165) is 17.4 Å². The quantitative estimate of drug-likeness (QED) is 0.637. The van der Waals surface area contributed by atoms with E-state index in [0.29, 0.717) is 0 Å². The summed E-state index contributed by atoms with van der Waals surface area (Å²) in [5.41, 5.74) is 4.13. The van der Waals surface area contributed by atoms with Gasteiger partial charge in [0, 0.05) is 18.0 Å². The van der Waals surface area contributed by atoms with Crippen molar-refractivity contribution in [3.8, 4) is 0 Å². The highest BCUT2D eigenvalue weighted by molar-refractivity contribution is 7.16. The van der Waals surface area contributed by atoms with Crippen LogP contribution in [-0.2, 0) is 0 Å². The molecule has 2 aromatic carbocycles. The highest BCUT2D eigenvalue weighted by Gasteiger charge is 2.09. The zero-order valence-electron chi connectivity index (χ0n) is 12.5. The lowest BCUT2D eigenvalue weighted by atomic mass is 10.3. The molecule has 23 heavy (non-hydrogen) atoms. The van der Waals surface area contributed by atoms with E-state index < -0.39 is 0 Å². The van der Waals surface area contributed by atoms with Crippen LogP contribution in [0.25, 0.3) is 16.4 Å². The van der Waals surface area contributed by atoms with Crippen LogP contribution in [0.15, 0.2) is 83.1 Å². The summed E-state index contributed by atoms with van der Waals surface area (Å²) >= 11 is 1.68. The number of hydrogen-bond donors (Lipinski definition) is 0. The van der Waals surface area contributed by atoms with Crippen LogP contribution in [0.1, 0.15) is 0 Å². The van der Waals surface area contributed by atoms with Gasteiger partial charge in [0.25, 0.3) is 0 Å². The normalized spacial score (nSPS) is 14.6. The van der Waals surface area contributed by atoms with E-state index in [1.165, 1.54) is 15.6 Å². The van der Waals surface area contributed by atoms with Gasteiger partial charge in [-0.05, 0) is 24.3 Å². The SMILES string of the molecule is C1=CC2=CN=c3ccccc3=CN2C1.c1ccc2scnc2c1. The molecule has 0 atom stereocenters. The molecule has 0 saturated carbocycles. The average molecular weight is 317 g/mol. The molecule has 3 aromatic rings. The van der Waals surface area contributed by atoms with Crippen LogP contribution in [0.2, 0.25) is 0 Å². The summed E-state index contributed by atoms with van der Waals surface area (Å²) in [4.78, 5) is 10.8. The van der Waals surface area contributed by atoms with E-state index in [9.17, 15) is 0 Å². The molecule has 112 valence electrons. The molecule has 5 rings (SSSR count). The van der Waals surface area contributed by atoms with Crippen molar-refractivity contribution >= 4 is 27.8 Å². The molecule has 0 aliphatic carbocycles. The molecular weight excluding hydrogens is 302 g/mol. The van der Waals surface area contributed by atoms with Crippen LogP contribution in [0, 0.1) is 0 Å². The molecule has 2 aliphatic rings. The van der Waals surface area contributed by atoms with Crippen molar-refractivity contribution < 1.29 is 0 Å². The third kappa shape index (κ3) is 2.94. The molecule has 0 unspecified atom stereocenters. The van der Waals surface area contributed by atoms with Gasteiger partial charge in [0.05, 0.1) is 33.0 Å². The zero-order valence-corrected chi connectivity index (χ0v) is 13.3. The molecule has 0 radical (unpaired) electrons. The largest absolute Gasteiger partial charge is 0.342 e. The summed E-state index contributed by atoms with van der Waals surface area (Å²) in [6.45, 7) is 0.954. The number of hydrogen-bond acceptors (Lipinski definition) is 4. The maximum atomic E-state index is 4.44. The second kappa shape index (κ2) is 6.18. The Morgan fingerprint density at radius 2 is 1.87 bits per heavy atom. The molecule has 2 aliphatic heterocycles. The summed E-state index contributed by atoms with van der Waals surface area (Å²) in [6.07, 6.45) is 8.32. The second-order valence-electron chi connectivity index (χ2n) is 5.25. The summed E-state index contributed by atoms with van der Waals surface area (Å²) in [7, 11) is 0. The van der Waals surface area contributed by atoms with Gasteiger partial charge in [0.2, 0.25) is 0 Å². The van der Waals surface area contributed by atoms with Crippen LogP contribution in [0.4, 0.5) is 0 Å². The predicted molar refractivity (Wildman–Crippen MR) is 95.2 cm³/mol. The van der Waals surface area contributed by atoms with Gasteiger partial charge in [-0.15, -0.1) is 11.3 Å². The van der Waals surface area contributed by atoms with Crippen molar-refractivity contribution in [3.05, 3.63) is 88.7 Å². The Kier molecular flexibility index (Phi) is 3.74. The second-order valence-corrected chi connectivity index (χ2v) is 6.13. The van der Waals surface area contributed by atoms with Crippen LogP contribution < -0.4 is 10.6 Å². The first kappa shape index (κ1) is 13.9. The maximum Gasteiger partial charge on any atom is 0.0812 e. The maximum absolute atomic E-state index is 4.44. The highest BCUT2D eigenvalue weighted by Crippen LogP contribution is 2.15. The lowest BCUT2D eigenvalue weighted by Crippen LogP contribution is -2.26. The topological polar surface area (TPSA) is 28.5 Å². The number of thiazole rings is 1. The summed E-state index contributed by atoms with van der Waals surface area (Å²) in [5.74, 6) is 0. The van der Waals surface area contributed by atoms with Crippen molar-refractivity contribution in [2.75, 3.05) is 6.54 Å². The Bertz CT molecular complexity index is 984. The van der Waals surface area contributed by atoms with E-state index in [1.54, 1.807) is 11.3 Å². The molecule has 0 saturated heterocycles. The third-order valence-corrected chi connectivity index (χ3v) is 4.54. The van der Waals surface area contributed by atoms with E-state index in [-0.39, 0.29) is 0 Å². The monoisotopic (exact) mass is 317 g/mol. The molecule has 4 heteroatoms. The van der Waals surface area contributed by atoms with Crippen molar-refractivity contribution in [3.63, 3.8) is 0 Å². The molecule has 0 amide bonds. The number of para-hydroxylation sites is 2. The van der Waals surface area contributed by atoms with E-state index in [1.807, 2.05) is 48.1 Å². The molecule has 3 heterocycles. The highest BCUT2D eigenvalue weighted by atomic mass is 32.1. The van der Waals surface area contributed by atoms with Crippen molar-refractivity contribution in [1.29, 1.82) is 0 Å². The van der Waals surface area contributed by atoms with Gasteiger partial charge < -0.3 is 4.90 Å². The zero-order chi connectivity index (χ0) is 15.5. The Morgan fingerprint density at radius 3 is 2.83 bits per heavy atom. The van der Waals surface area contributed by atoms with Gasteiger partial charge in [0.1, 0.15) is 0 Å². The lowest BCUT2D eigenvalue weighted by molar-refractivity contribution is 0.604. The Balaban J connectivity index is 0.000000130. The van der Waals surface area contributed by atoms with Gasteiger partial charge in [-0.1, -0.05) is 36.4 Å². The van der Waals surface area contributed by atoms with Gasteiger partial charge in [-0.25, -0.2) is 4.98 Å². The number of aromatic nitrogens is 1. The summed E-state index contributed by atoms with van der Waals surface area (Å²) in [5, 5.41) is 2.23. The minimum atomic E-state index is 0.954. The standard InChI is InChI=1S/C12H10N2.C7H5NS/c1-2-6-12-10(4-1)9-14-7-3-5-11(14)8-13-12;1-2-4-7-6(3-1)8-5-9-7/h1-6,8-9H,7H2;1-5H. The fourth-order valence-corrected chi connectivity index (χ4v) is 3.23. The number of nitrogens with zero attached hydrogens (tertiary/aromatic N) is 3. The van der Waals surface area contributed by atoms with E-state index >= 15 is 0 Å². The predicted octanol–water partition coefficient (Wildman–Crippen LogP) is 3.07. The van der Waals surface area contributed by atoms with E-state index in [2.05, 4.69) is 45.4 Å². The van der Waals surface area contributed by atoms with Crippen molar-refractivity contribution in [2.24, 2.45) is 4.99 Å². The van der Waals surface area contributed by atoms with Gasteiger partial charge in [-0.3, -0.25) is 4.99 Å².